The Kier molecular flexibility index (Phi) is 4.97. The van der Waals surface area contributed by atoms with Crippen molar-refractivity contribution in [3.05, 3.63) is 15.5 Å². The number of carbonyl (C=O) groups is 1. The Labute approximate surface area is 96.0 Å². The number of aliphatic carboxylic acids is 1. The lowest BCUT2D eigenvalue weighted by Gasteiger charge is -2.10. The second kappa shape index (κ2) is 6.02. The molecule has 0 fully saturated rings. The predicted molar refractivity (Wildman–Crippen MR) is 57.4 cm³/mol. The molecule has 0 aromatic carbocycles. The van der Waals surface area contributed by atoms with Crippen LogP contribution in [0.25, 0.3) is 0 Å². The van der Waals surface area contributed by atoms with Crippen LogP contribution in [0, 0.1) is 0 Å². The summed E-state index contributed by atoms with van der Waals surface area (Å²) >= 11 is 6.83. The van der Waals surface area contributed by atoms with E-state index in [2.05, 4.69) is 10.3 Å². The topological polar surface area (TPSA) is 71.5 Å². The van der Waals surface area contributed by atoms with Crippen molar-refractivity contribution in [3.8, 4) is 0 Å². The van der Waals surface area contributed by atoms with Crippen LogP contribution < -0.4 is 5.32 Å². The Morgan fingerprint density at radius 1 is 1.87 bits per heavy atom. The molecule has 0 amide bonds. The van der Waals surface area contributed by atoms with Crippen LogP contribution in [-0.2, 0) is 9.53 Å². The first-order valence-electron chi connectivity index (χ1n) is 4.21. The number of rotatable bonds is 6. The van der Waals surface area contributed by atoms with E-state index in [0.717, 1.165) is 11.3 Å². The van der Waals surface area contributed by atoms with Crippen LogP contribution in [0.15, 0.2) is 6.20 Å². The molecule has 1 aromatic rings. The number of hydrogen-bond acceptors (Lipinski definition) is 5. The van der Waals surface area contributed by atoms with Gasteiger partial charge < -0.3 is 9.84 Å². The minimum Gasteiger partial charge on any atom is -0.480 e. The van der Waals surface area contributed by atoms with E-state index in [0.29, 0.717) is 22.5 Å². The van der Waals surface area contributed by atoms with Gasteiger partial charge in [0.2, 0.25) is 0 Å². The molecule has 7 heteroatoms. The third kappa shape index (κ3) is 3.75. The highest BCUT2D eigenvalue weighted by Crippen LogP contribution is 2.23. The van der Waals surface area contributed by atoms with Gasteiger partial charge in [0.15, 0.2) is 6.04 Å². The summed E-state index contributed by atoms with van der Waals surface area (Å²) in [4.78, 5) is 14.8. The summed E-state index contributed by atoms with van der Waals surface area (Å²) in [6, 6.07) is -0.822. The van der Waals surface area contributed by atoms with Crippen LogP contribution in [0.1, 0.15) is 11.0 Å². The monoisotopic (exact) mass is 250 g/mol. The van der Waals surface area contributed by atoms with E-state index >= 15 is 0 Å². The maximum absolute atomic E-state index is 10.9. The van der Waals surface area contributed by atoms with Gasteiger partial charge in [0.05, 0.1) is 12.8 Å². The summed E-state index contributed by atoms with van der Waals surface area (Å²) in [7, 11) is 1.55. The number of aromatic nitrogens is 1. The first-order chi connectivity index (χ1) is 7.15. The van der Waals surface area contributed by atoms with Crippen LogP contribution in [0.3, 0.4) is 0 Å². The van der Waals surface area contributed by atoms with E-state index in [1.54, 1.807) is 7.11 Å². The lowest BCUT2D eigenvalue weighted by Crippen LogP contribution is -2.30. The molecule has 0 saturated carbocycles. The van der Waals surface area contributed by atoms with Gasteiger partial charge in [-0.1, -0.05) is 11.6 Å². The van der Waals surface area contributed by atoms with Crippen molar-refractivity contribution in [1.29, 1.82) is 0 Å². The Morgan fingerprint density at radius 3 is 3.07 bits per heavy atom. The third-order valence-electron chi connectivity index (χ3n) is 1.64. The largest absolute Gasteiger partial charge is 0.480 e. The van der Waals surface area contributed by atoms with Gasteiger partial charge in [0.1, 0.15) is 9.34 Å². The van der Waals surface area contributed by atoms with E-state index in [-0.39, 0.29) is 0 Å². The highest BCUT2D eigenvalue weighted by molar-refractivity contribution is 7.16. The molecule has 1 atom stereocenters. The Bertz CT molecular complexity index is 331. The van der Waals surface area contributed by atoms with Gasteiger partial charge in [-0.05, 0) is 0 Å². The minimum absolute atomic E-state index is 0.447. The van der Waals surface area contributed by atoms with Gasteiger partial charge in [0.25, 0.3) is 0 Å². The van der Waals surface area contributed by atoms with Gasteiger partial charge in [0, 0.05) is 13.7 Å². The summed E-state index contributed by atoms with van der Waals surface area (Å²) in [5.41, 5.74) is 0. The zero-order valence-electron chi connectivity index (χ0n) is 8.07. The van der Waals surface area contributed by atoms with Crippen LogP contribution in [0.4, 0.5) is 0 Å². The molecule has 1 heterocycles. The molecule has 0 saturated heterocycles. The van der Waals surface area contributed by atoms with Crippen LogP contribution >= 0.6 is 22.9 Å². The average Bonchev–Trinajstić information content (AvgIpc) is 2.59. The third-order valence-corrected chi connectivity index (χ3v) is 2.82. The van der Waals surface area contributed by atoms with E-state index < -0.39 is 12.0 Å². The average molecular weight is 251 g/mol. The number of carboxylic acid groups (broad SMARTS) is 1. The molecule has 1 aromatic heterocycles. The highest BCUT2D eigenvalue weighted by Gasteiger charge is 2.22. The van der Waals surface area contributed by atoms with Crippen molar-refractivity contribution in [1.82, 2.24) is 10.3 Å². The fourth-order valence-electron chi connectivity index (χ4n) is 0.986. The first kappa shape index (κ1) is 12.4. The summed E-state index contributed by atoms with van der Waals surface area (Å²) < 4.78 is 5.29. The molecule has 1 rings (SSSR count). The van der Waals surface area contributed by atoms with E-state index in [4.69, 9.17) is 21.4 Å². The minimum atomic E-state index is -0.975. The molecular weight excluding hydrogens is 240 g/mol. The molecule has 5 nitrogen and oxygen atoms in total. The summed E-state index contributed by atoms with van der Waals surface area (Å²) in [5, 5.41) is 12.2. The molecule has 0 aliphatic carbocycles. The van der Waals surface area contributed by atoms with Crippen molar-refractivity contribution in [2.75, 3.05) is 20.3 Å². The van der Waals surface area contributed by atoms with Crippen LogP contribution in [0.2, 0.25) is 4.34 Å². The Hall–Kier alpha value is -0.690. The van der Waals surface area contributed by atoms with Gasteiger partial charge in [-0.15, -0.1) is 11.3 Å². The maximum Gasteiger partial charge on any atom is 0.327 e. The van der Waals surface area contributed by atoms with Crippen molar-refractivity contribution >= 4 is 28.9 Å². The molecule has 0 aliphatic rings. The van der Waals surface area contributed by atoms with Crippen molar-refractivity contribution in [2.45, 2.75) is 6.04 Å². The number of nitrogens with one attached hydrogen (secondary N) is 1. The molecule has 0 spiro atoms. The first-order valence-corrected chi connectivity index (χ1v) is 5.41. The summed E-state index contributed by atoms with van der Waals surface area (Å²) in [5.74, 6) is -0.975. The smallest absolute Gasteiger partial charge is 0.327 e. The van der Waals surface area contributed by atoms with Crippen LogP contribution in [-0.4, -0.2) is 36.3 Å². The number of carboxylic acids is 1. The second-order valence-corrected chi connectivity index (χ2v) is 4.41. The van der Waals surface area contributed by atoms with Crippen molar-refractivity contribution in [3.63, 3.8) is 0 Å². The number of halogens is 1. The number of ether oxygens (including phenoxy) is 1. The van der Waals surface area contributed by atoms with E-state index in [9.17, 15) is 4.79 Å². The van der Waals surface area contributed by atoms with Gasteiger partial charge in [-0.2, -0.15) is 0 Å². The van der Waals surface area contributed by atoms with Crippen molar-refractivity contribution in [2.24, 2.45) is 0 Å². The molecule has 0 bridgehead atoms. The van der Waals surface area contributed by atoms with Gasteiger partial charge in [-0.3, -0.25) is 10.1 Å². The number of nitrogens with zero attached hydrogens (tertiary/aromatic N) is 1. The van der Waals surface area contributed by atoms with Gasteiger partial charge >= 0.3 is 5.97 Å². The van der Waals surface area contributed by atoms with Crippen LogP contribution in [0.5, 0.6) is 0 Å². The molecule has 84 valence electrons. The summed E-state index contributed by atoms with van der Waals surface area (Å²) in [6.07, 6.45) is 1.44. The van der Waals surface area contributed by atoms with Gasteiger partial charge in [-0.25, -0.2) is 4.98 Å². The SMILES string of the molecule is COCCNC(C(=O)O)c1ncc(Cl)s1. The quantitative estimate of drug-likeness (QED) is 0.742. The van der Waals surface area contributed by atoms with Crippen molar-refractivity contribution < 1.29 is 14.6 Å². The maximum atomic E-state index is 10.9. The number of thiazole rings is 1. The molecule has 1 unspecified atom stereocenters. The highest BCUT2D eigenvalue weighted by atomic mass is 35.5. The lowest BCUT2D eigenvalue weighted by atomic mass is 10.3. The van der Waals surface area contributed by atoms with E-state index in [1.807, 2.05) is 0 Å². The number of methoxy groups -OCH3 is 1. The number of hydrogen-bond donors (Lipinski definition) is 2. The fraction of sp³-hybridized carbons (Fsp3) is 0.500. The Balaban J connectivity index is 2.62. The second-order valence-electron chi connectivity index (χ2n) is 2.72. The zero-order chi connectivity index (χ0) is 11.3. The summed E-state index contributed by atoms with van der Waals surface area (Å²) in [6.45, 7) is 0.896. The molecular formula is C8H11ClN2O3S. The lowest BCUT2D eigenvalue weighted by molar-refractivity contribution is -0.139. The zero-order valence-corrected chi connectivity index (χ0v) is 9.64. The molecule has 0 aliphatic heterocycles. The van der Waals surface area contributed by atoms with E-state index in [1.165, 1.54) is 6.20 Å². The molecule has 0 radical (unpaired) electrons. The molecule has 2 N–H and O–H groups in total. The fourth-order valence-corrected chi connectivity index (χ4v) is 1.98. The Morgan fingerprint density at radius 2 is 2.60 bits per heavy atom. The standard InChI is InChI=1S/C8H11ClN2O3S/c1-14-3-2-10-6(8(12)13)7-11-4-5(9)15-7/h4,6,10H,2-3H2,1H3,(H,12,13). The predicted octanol–water partition coefficient (Wildman–Crippen LogP) is 1.16. The normalized spacial score (nSPS) is 12.7. The molecule has 15 heavy (non-hydrogen) atoms.